The molecule has 0 unspecified atom stereocenters. The van der Waals surface area contributed by atoms with E-state index in [9.17, 15) is 9.59 Å². The molecule has 2 amide bonds. The fraction of sp³-hybridized carbons (Fsp3) is 0.300. The molecule has 6 heteroatoms. The van der Waals surface area contributed by atoms with Crippen LogP contribution in [0.15, 0.2) is 48.5 Å². The van der Waals surface area contributed by atoms with E-state index in [2.05, 4.69) is 5.32 Å². The van der Waals surface area contributed by atoms with E-state index in [-0.39, 0.29) is 11.8 Å². The number of amides is 2. The SMILES string of the molecule is CCN(CC)C(=O)c1cccc(NC(=O)CSCc2ccc(Cl)cc2)c1. The first-order chi connectivity index (χ1) is 12.5. The maximum Gasteiger partial charge on any atom is 0.253 e. The maximum absolute atomic E-state index is 12.4. The molecule has 0 aliphatic rings. The number of carbonyl (C=O) groups excluding carboxylic acids is 2. The van der Waals surface area contributed by atoms with E-state index in [1.54, 1.807) is 29.2 Å². The summed E-state index contributed by atoms with van der Waals surface area (Å²) in [7, 11) is 0. The van der Waals surface area contributed by atoms with Crippen molar-refractivity contribution < 1.29 is 9.59 Å². The summed E-state index contributed by atoms with van der Waals surface area (Å²) < 4.78 is 0. The van der Waals surface area contributed by atoms with Gasteiger partial charge in [0.15, 0.2) is 0 Å². The molecule has 0 aliphatic carbocycles. The maximum atomic E-state index is 12.4. The zero-order valence-corrected chi connectivity index (χ0v) is 16.6. The largest absolute Gasteiger partial charge is 0.339 e. The Morgan fingerprint density at radius 3 is 2.42 bits per heavy atom. The molecular formula is C20H23ClN2O2S. The number of rotatable bonds is 8. The van der Waals surface area contributed by atoms with Crippen molar-refractivity contribution in [2.45, 2.75) is 19.6 Å². The van der Waals surface area contributed by atoms with Crippen molar-refractivity contribution in [2.75, 3.05) is 24.2 Å². The summed E-state index contributed by atoms with van der Waals surface area (Å²) in [5, 5.41) is 3.56. The molecule has 2 aromatic rings. The van der Waals surface area contributed by atoms with Crippen LogP contribution < -0.4 is 5.32 Å². The molecule has 0 heterocycles. The average molecular weight is 391 g/mol. The summed E-state index contributed by atoms with van der Waals surface area (Å²) in [5.41, 5.74) is 2.35. The van der Waals surface area contributed by atoms with Gasteiger partial charge >= 0.3 is 0 Å². The van der Waals surface area contributed by atoms with Gasteiger partial charge in [0.1, 0.15) is 0 Å². The van der Waals surface area contributed by atoms with Crippen LogP contribution in [0.4, 0.5) is 5.69 Å². The van der Waals surface area contributed by atoms with Gasteiger partial charge in [0.25, 0.3) is 5.91 Å². The van der Waals surface area contributed by atoms with Crippen molar-refractivity contribution in [3.05, 3.63) is 64.7 Å². The molecule has 0 aromatic heterocycles. The quantitative estimate of drug-likeness (QED) is 0.711. The third-order valence-corrected chi connectivity index (χ3v) is 5.11. The minimum atomic E-state index is -0.0867. The fourth-order valence-electron chi connectivity index (χ4n) is 2.46. The van der Waals surface area contributed by atoms with Gasteiger partial charge in [-0.3, -0.25) is 9.59 Å². The zero-order valence-electron chi connectivity index (χ0n) is 15.0. The smallest absolute Gasteiger partial charge is 0.253 e. The number of halogens is 1. The Kier molecular flexibility index (Phi) is 8.01. The fourth-order valence-corrected chi connectivity index (χ4v) is 3.38. The van der Waals surface area contributed by atoms with Crippen LogP contribution in [0.25, 0.3) is 0 Å². The molecule has 0 aliphatic heterocycles. The monoisotopic (exact) mass is 390 g/mol. The summed E-state index contributed by atoms with van der Waals surface area (Å²) in [6.45, 7) is 5.22. The van der Waals surface area contributed by atoms with Crippen LogP contribution in [0.3, 0.4) is 0 Å². The topological polar surface area (TPSA) is 49.4 Å². The van der Waals surface area contributed by atoms with Crippen LogP contribution >= 0.6 is 23.4 Å². The molecule has 0 spiro atoms. The minimum Gasteiger partial charge on any atom is -0.339 e. The van der Waals surface area contributed by atoms with Crippen molar-refractivity contribution >= 4 is 40.9 Å². The zero-order chi connectivity index (χ0) is 18.9. The van der Waals surface area contributed by atoms with Gasteiger partial charge in [0.2, 0.25) is 5.91 Å². The van der Waals surface area contributed by atoms with Gasteiger partial charge in [-0.05, 0) is 49.7 Å². The van der Waals surface area contributed by atoms with Gasteiger partial charge in [0, 0.05) is 35.1 Å². The highest BCUT2D eigenvalue weighted by atomic mass is 35.5. The van der Waals surface area contributed by atoms with E-state index in [4.69, 9.17) is 11.6 Å². The number of benzene rings is 2. The van der Waals surface area contributed by atoms with E-state index >= 15 is 0 Å². The molecular weight excluding hydrogens is 368 g/mol. The number of hydrogen-bond acceptors (Lipinski definition) is 3. The molecule has 0 bridgehead atoms. The highest BCUT2D eigenvalue weighted by molar-refractivity contribution is 7.99. The van der Waals surface area contributed by atoms with Crippen LogP contribution in [-0.4, -0.2) is 35.6 Å². The lowest BCUT2D eigenvalue weighted by molar-refractivity contribution is -0.113. The summed E-state index contributed by atoms with van der Waals surface area (Å²) in [4.78, 5) is 26.3. The van der Waals surface area contributed by atoms with Gasteiger partial charge < -0.3 is 10.2 Å². The molecule has 0 saturated carbocycles. The molecule has 26 heavy (non-hydrogen) atoms. The predicted octanol–water partition coefficient (Wildman–Crippen LogP) is 4.69. The lowest BCUT2D eigenvalue weighted by Gasteiger charge is -2.19. The minimum absolute atomic E-state index is 0.0248. The van der Waals surface area contributed by atoms with E-state index in [0.717, 1.165) is 11.3 Å². The van der Waals surface area contributed by atoms with Crippen molar-refractivity contribution in [1.29, 1.82) is 0 Å². The lowest BCUT2D eigenvalue weighted by Crippen LogP contribution is -2.30. The molecule has 0 radical (unpaired) electrons. The van der Waals surface area contributed by atoms with Crippen LogP contribution in [0.1, 0.15) is 29.8 Å². The second-order valence-electron chi connectivity index (χ2n) is 5.73. The number of thioether (sulfide) groups is 1. The third-order valence-electron chi connectivity index (χ3n) is 3.86. The third kappa shape index (κ3) is 6.07. The Morgan fingerprint density at radius 2 is 1.77 bits per heavy atom. The molecule has 1 N–H and O–H groups in total. The highest BCUT2D eigenvalue weighted by Gasteiger charge is 2.13. The molecule has 0 saturated heterocycles. The van der Waals surface area contributed by atoms with Crippen LogP contribution in [0.2, 0.25) is 5.02 Å². The van der Waals surface area contributed by atoms with Gasteiger partial charge in [-0.25, -0.2) is 0 Å². The first kappa shape index (κ1) is 20.3. The second-order valence-corrected chi connectivity index (χ2v) is 7.15. The predicted molar refractivity (Wildman–Crippen MR) is 110 cm³/mol. The Hall–Kier alpha value is -1.98. The molecule has 4 nitrogen and oxygen atoms in total. The van der Waals surface area contributed by atoms with Crippen LogP contribution in [-0.2, 0) is 10.5 Å². The summed E-state index contributed by atoms with van der Waals surface area (Å²) >= 11 is 7.39. The van der Waals surface area contributed by atoms with Gasteiger partial charge in [-0.1, -0.05) is 29.8 Å². The van der Waals surface area contributed by atoms with Crippen molar-refractivity contribution in [3.63, 3.8) is 0 Å². The summed E-state index contributed by atoms with van der Waals surface area (Å²) in [5.74, 6) is 0.974. The van der Waals surface area contributed by atoms with Crippen LogP contribution in [0, 0.1) is 0 Å². The Labute approximate surface area is 163 Å². The van der Waals surface area contributed by atoms with Gasteiger partial charge in [0.05, 0.1) is 5.75 Å². The Bertz CT molecular complexity index is 746. The Morgan fingerprint density at radius 1 is 1.08 bits per heavy atom. The lowest BCUT2D eigenvalue weighted by atomic mass is 10.1. The van der Waals surface area contributed by atoms with E-state index in [1.165, 1.54) is 11.8 Å². The highest BCUT2D eigenvalue weighted by Crippen LogP contribution is 2.17. The molecule has 2 aromatic carbocycles. The normalized spacial score (nSPS) is 10.4. The number of anilines is 1. The van der Waals surface area contributed by atoms with Crippen molar-refractivity contribution in [3.8, 4) is 0 Å². The van der Waals surface area contributed by atoms with E-state index < -0.39 is 0 Å². The molecule has 138 valence electrons. The number of nitrogens with zero attached hydrogens (tertiary/aromatic N) is 1. The number of nitrogens with one attached hydrogen (secondary N) is 1. The molecule has 0 fully saturated rings. The molecule has 0 atom stereocenters. The van der Waals surface area contributed by atoms with Gasteiger partial charge in [-0.2, -0.15) is 0 Å². The Balaban J connectivity index is 1.87. The number of carbonyl (C=O) groups is 2. The van der Waals surface area contributed by atoms with E-state index in [0.29, 0.717) is 35.1 Å². The number of hydrogen-bond donors (Lipinski definition) is 1. The first-order valence-corrected chi connectivity index (χ1v) is 10.1. The van der Waals surface area contributed by atoms with E-state index in [1.807, 2.05) is 38.1 Å². The average Bonchev–Trinajstić information content (AvgIpc) is 2.64. The summed E-state index contributed by atoms with van der Waals surface area (Å²) in [6, 6.07) is 14.7. The second kappa shape index (κ2) is 10.2. The molecule has 2 rings (SSSR count). The standard InChI is InChI=1S/C20H23ClN2O2S/c1-3-23(4-2)20(25)16-6-5-7-18(12-16)22-19(24)14-26-13-15-8-10-17(21)11-9-15/h5-12H,3-4,13-14H2,1-2H3,(H,22,24). The van der Waals surface area contributed by atoms with Crippen molar-refractivity contribution in [2.24, 2.45) is 0 Å². The van der Waals surface area contributed by atoms with Crippen molar-refractivity contribution in [1.82, 2.24) is 4.90 Å². The summed E-state index contributed by atoms with van der Waals surface area (Å²) in [6.07, 6.45) is 0. The first-order valence-electron chi connectivity index (χ1n) is 8.54. The van der Waals surface area contributed by atoms with Gasteiger partial charge in [-0.15, -0.1) is 11.8 Å². The van der Waals surface area contributed by atoms with Crippen LogP contribution in [0.5, 0.6) is 0 Å².